The lowest BCUT2D eigenvalue weighted by atomic mass is 9.98. The molecule has 2 rings (SSSR count). The molecule has 0 bridgehead atoms. The lowest BCUT2D eigenvalue weighted by molar-refractivity contribution is 0.273. The molecule has 16 heavy (non-hydrogen) atoms. The van der Waals surface area contributed by atoms with E-state index in [1.165, 1.54) is 10.9 Å². The molecule has 0 heterocycles. The van der Waals surface area contributed by atoms with Crippen molar-refractivity contribution in [1.29, 1.82) is 0 Å². The maximum absolute atomic E-state index is 9.12. The predicted octanol–water partition coefficient (Wildman–Crippen LogP) is 2.94. The van der Waals surface area contributed by atoms with Crippen LogP contribution in [0.1, 0.15) is 18.4 Å². The highest BCUT2D eigenvalue weighted by Crippen LogP contribution is 2.24. The molecule has 0 unspecified atom stereocenters. The second-order valence-electron chi connectivity index (χ2n) is 4.06. The molecule has 0 saturated carbocycles. The monoisotopic (exact) mass is 216 g/mol. The highest BCUT2D eigenvalue weighted by atomic mass is 16.5. The Kier molecular flexibility index (Phi) is 3.11. The highest BCUT2D eigenvalue weighted by molar-refractivity contribution is 5.84. The van der Waals surface area contributed by atoms with E-state index in [0.29, 0.717) is 0 Å². The molecular weight excluding hydrogens is 200 g/mol. The van der Waals surface area contributed by atoms with Crippen LogP contribution in [0.15, 0.2) is 36.4 Å². The predicted molar refractivity (Wildman–Crippen MR) is 66.0 cm³/mol. The van der Waals surface area contributed by atoms with Crippen molar-refractivity contribution in [3.05, 3.63) is 42.0 Å². The average Bonchev–Trinajstić information content (AvgIpc) is 2.36. The summed E-state index contributed by atoms with van der Waals surface area (Å²) in [6, 6.07) is 12.3. The molecule has 0 aliphatic rings. The lowest BCUT2D eigenvalue weighted by Crippen LogP contribution is -1.98. The lowest BCUT2D eigenvalue weighted by Gasteiger charge is -2.10. The summed E-state index contributed by atoms with van der Waals surface area (Å²) in [7, 11) is 1.67. The fourth-order valence-corrected chi connectivity index (χ4v) is 1.78. The second kappa shape index (κ2) is 4.54. The second-order valence-corrected chi connectivity index (χ2v) is 4.06. The van der Waals surface area contributed by atoms with Crippen LogP contribution in [0, 0.1) is 0 Å². The van der Waals surface area contributed by atoms with E-state index < -0.39 is 0 Å². The molecule has 0 aromatic heterocycles. The van der Waals surface area contributed by atoms with Gasteiger partial charge < -0.3 is 9.84 Å². The molecule has 84 valence electrons. The van der Waals surface area contributed by atoms with Crippen LogP contribution < -0.4 is 4.74 Å². The van der Waals surface area contributed by atoms with Gasteiger partial charge in [0.1, 0.15) is 5.75 Å². The standard InChI is InChI=1S/C14H16O2/c1-10(9-15)11-3-4-13-8-14(16-2)6-5-12(13)7-11/h3-8,10,15H,9H2,1-2H3/t10-/m1/s1. The third-order valence-corrected chi connectivity index (χ3v) is 2.91. The van der Waals surface area contributed by atoms with E-state index in [0.717, 1.165) is 11.1 Å². The van der Waals surface area contributed by atoms with Crippen LogP contribution >= 0.6 is 0 Å². The number of aliphatic hydroxyl groups excluding tert-OH is 1. The smallest absolute Gasteiger partial charge is 0.119 e. The quantitative estimate of drug-likeness (QED) is 0.854. The van der Waals surface area contributed by atoms with E-state index in [2.05, 4.69) is 18.2 Å². The van der Waals surface area contributed by atoms with Crippen LogP contribution in [0.5, 0.6) is 5.75 Å². The molecule has 2 aromatic carbocycles. The molecule has 2 nitrogen and oxygen atoms in total. The molecule has 0 amide bonds. The first-order chi connectivity index (χ1) is 7.74. The molecule has 0 radical (unpaired) electrons. The van der Waals surface area contributed by atoms with E-state index in [4.69, 9.17) is 9.84 Å². The summed E-state index contributed by atoms with van der Waals surface area (Å²) in [6.45, 7) is 2.20. The van der Waals surface area contributed by atoms with Crippen LogP contribution in [0.3, 0.4) is 0 Å². The number of rotatable bonds is 3. The Morgan fingerprint density at radius 3 is 2.50 bits per heavy atom. The van der Waals surface area contributed by atoms with Crippen LogP contribution in [0.25, 0.3) is 10.8 Å². The van der Waals surface area contributed by atoms with Gasteiger partial charge in [0.25, 0.3) is 0 Å². The zero-order chi connectivity index (χ0) is 11.5. The third-order valence-electron chi connectivity index (χ3n) is 2.91. The number of hydrogen-bond acceptors (Lipinski definition) is 2. The maximum Gasteiger partial charge on any atom is 0.119 e. The van der Waals surface area contributed by atoms with Gasteiger partial charge in [-0.15, -0.1) is 0 Å². The van der Waals surface area contributed by atoms with E-state index >= 15 is 0 Å². The van der Waals surface area contributed by atoms with Crippen molar-refractivity contribution in [2.75, 3.05) is 13.7 Å². The molecular formula is C14H16O2. The zero-order valence-corrected chi connectivity index (χ0v) is 9.60. The van der Waals surface area contributed by atoms with Gasteiger partial charge >= 0.3 is 0 Å². The van der Waals surface area contributed by atoms with E-state index in [-0.39, 0.29) is 12.5 Å². The number of hydrogen-bond donors (Lipinski definition) is 1. The van der Waals surface area contributed by atoms with Gasteiger partial charge in [0, 0.05) is 12.5 Å². The molecule has 0 spiro atoms. The first-order valence-corrected chi connectivity index (χ1v) is 5.43. The SMILES string of the molecule is COc1ccc2cc([C@H](C)CO)ccc2c1. The molecule has 2 aromatic rings. The van der Waals surface area contributed by atoms with Crippen molar-refractivity contribution < 1.29 is 9.84 Å². The van der Waals surface area contributed by atoms with Crippen molar-refractivity contribution in [1.82, 2.24) is 0 Å². The van der Waals surface area contributed by atoms with Crippen molar-refractivity contribution in [2.24, 2.45) is 0 Å². The maximum atomic E-state index is 9.12. The number of methoxy groups -OCH3 is 1. The van der Waals surface area contributed by atoms with E-state index in [1.807, 2.05) is 25.1 Å². The number of benzene rings is 2. The summed E-state index contributed by atoms with van der Waals surface area (Å²) in [5.74, 6) is 1.06. The summed E-state index contributed by atoms with van der Waals surface area (Å²) in [5.41, 5.74) is 1.17. The van der Waals surface area contributed by atoms with Gasteiger partial charge in [0.2, 0.25) is 0 Å². The molecule has 0 aliphatic carbocycles. The van der Waals surface area contributed by atoms with Gasteiger partial charge in [0.15, 0.2) is 0 Å². The van der Waals surface area contributed by atoms with Crippen molar-refractivity contribution >= 4 is 10.8 Å². The summed E-state index contributed by atoms with van der Waals surface area (Å²) in [5, 5.41) is 11.5. The molecule has 0 fully saturated rings. The van der Waals surface area contributed by atoms with Gasteiger partial charge in [-0.05, 0) is 28.5 Å². The summed E-state index contributed by atoms with van der Waals surface area (Å²) in [6.07, 6.45) is 0. The van der Waals surface area contributed by atoms with Crippen LogP contribution in [-0.2, 0) is 0 Å². The molecule has 0 aliphatic heterocycles. The highest BCUT2D eigenvalue weighted by Gasteiger charge is 2.04. The van der Waals surface area contributed by atoms with E-state index in [1.54, 1.807) is 7.11 Å². The number of fused-ring (bicyclic) bond motifs is 1. The summed E-state index contributed by atoms with van der Waals surface area (Å²) >= 11 is 0. The summed E-state index contributed by atoms with van der Waals surface area (Å²) in [4.78, 5) is 0. The molecule has 1 atom stereocenters. The fraction of sp³-hybridized carbons (Fsp3) is 0.286. The van der Waals surface area contributed by atoms with Gasteiger partial charge in [0.05, 0.1) is 7.11 Å². The van der Waals surface area contributed by atoms with Crippen molar-refractivity contribution in [2.45, 2.75) is 12.8 Å². The Morgan fingerprint density at radius 2 is 1.81 bits per heavy atom. The van der Waals surface area contributed by atoms with Crippen molar-refractivity contribution in [3.63, 3.8) is 0 Å². The zero-order valence-electron chi connectivity index (χ0n) is 9.60. The first-order valence-electron chi connectivity index (χ1n) is 5.43. The number of aliphatic hydroxyl groups is 1. The minimum atomic E-state index is 0.182. The number of ether oxygens (including phenoxy) is 1. The Labute approximate surface area is 95.5 Å². The molecule has 0 saturated heterocycles. The Hall–Kier alpha value is -1.54. The Bertz CT molecular complexity index is 491. The van der Waals surface area contributed by atoms with Crippen LogP contribution in [0.4, 0.5) is 0 Å². The molecule has 2 heteroatoms. The largest absolute Gasteiger partial charge is 0.497 e. The minimum Gasteiger partial charge on any atom is -0.497 e. The average molecular weight is 216 g/mol. The topological polar surface area (TPSA) is 29.5 Å². The third kappa shape index (κ3) is 2.02. The van der Waals surface area contributed by atoms with E-state index in [9.17, 15) is 0 Å². The van der Waals surface area contributed by atoms with Gasteiger partial charge in [-0.1, -0.05) is 31.2 Å². The normalized spacial score (nSPS) is 12.7. The Balaban J connectivity index is 2.47. The fourth-order valence-electron chi connectivity index (χ4n) is 1.78. The minimum absolute atomic E-state index is 0.182. The molecule has 1 N–H and O–H groups in total. The van der Waals surface area contributed by atoms with Crippen molar-refractivity contribution in [3.8, 4) is 5.75 Å². The van der Waals surface area contributed by atoms with Crippen LogP contribution in [-0.4, -0.2) is 18.8 Å². The first kappa shape index (κ1) is 11.0. The van der Waals surface area contributed by atoms with Crippen LogP contribution in [0.2, 0.25) is 0 Å². The van der Waals surface area contributed by atoms with Gasteiger partial charge in [-0.3, -0.25) is 0 Å². The van der Waals surface area contributed by atoms with Gasteiger partial charge in [-0.25, -0.2) is 0 Å². The Morgan fingerprint density at radius 1 is 1.12 bits per heavy atom. The van der Waals surface area contributed by atoms with Gasteiger partial charge in [-0.2, -0.15) is 0 Å². The summed E-state index contributed by atoms with van der Waals surface area (Å²) < 4.78 is 5.18.